The summed E-state index contributed by atoms with van der Waals surface area (Å²) < 4.78 is 8.01. The van der Waals surface area contributed by atoms with Crippen LogP contribution in [0.1, 0.15) is 50.6 Å². The number of aliphatic hydroxyl groups is 1. The van der Waals surface area contributed by atoms with Gasteiger partial charge in [-0.05, 0) is 49.1 Å². The van der Waals surface area contributed by atoms with E-state index in [9.17, 15) is 5.11 Å². The predicted molar refractivity (Wildman–Crippen MR) is 106 cm³/mol. The molecule has 2 aromatic carbocycles. The lowest BCUT2D eigenvalue weighted by Crippen LogP contribution is -2.11. The highest BCUT2D eigenvalue weighted by Gasteiger charge is 2.17. The first-order valence-corrected chi connectivity index (χ1v) is 9.58. The molecule has 0 aliphatic rings. The van der Waals surface area contributed by atoms with Crippen LogP contribution in [0.2, 0.25) is 0 Å². The van der Waals surface area contributed by atoms with Gasteiger partial charge in [-0.1, -0.05) is 44.5 Å². The minimum absolute atomic E-state index is 0.519. The van der Waals surface area contributed by atoms with Crippen LogP contribution in [-0.4, -0.2) is 21.3 Å². The van der Waals surface area contributed by atoms with E-state index < -0.39 is 6.10 Å². The molecule has 3 rings (SSSR count). The number of imidazole rings is 1. The Morgan fingerprint density at radius 1 is 1.08 bits per heavy atom. The molecule has 0 saturated carbocycles. The Labute approximate surface area is 155 Å². The van der Waals surface area contributed by atoms with Crippen LogP contribution in [0.5, 0.6) is 5.75 Å². The minimum Gasteiger partial charge on any atom is -0.494 e. The van der Waals surface area contributed by atoms with Gasteiger partial charge < -0.3 is 14.4 Å². The molecule has 1 atom stereocenters. The summed E-state index contributed by atoms with van der Waals surface area (Å²) >= 11 is 0. The van der Waals surface area contributed by atoms with Crippen LogP contribution in [0.3, 0.4) is 0 Å². The molecule has 0 amide bonds. The quantitative estimate of drug-likeness (QED) is 0.557. The van der Waals surface area contributed by atoms with Gasteiger partial charge in [0.05, 0.1) is 17.6 Å². The molecule has 0 radical (unpaired) electrons. The smallest absolute Gasteiger partial charge is 0.138 e. The fourth-order valence-electron chi connectivity index (χ4n) is 3.22. The second kappa shape index (κ2) is 8.86. The van der Waals surface area contributed by atoms with Gasteiger partial charge in [0.2, 0.25) is 0 Å². The topological polar surface area (TPSA) is 47.3 Å². The lowest BCUT2D eigenvalue weighted by Gasteiger charge is -2.14. The summed E-state index contributed by atoms with van der Waals surface area (Å²) in [5, 5.41) is 10.5. The van der Waals surface area contributed by atoms with Crippen LogP contribution in [0.4, 0.5) is 0 Å². The Balaban J connectivity index is 1.66. The molecule has 0 aliphatic heterocycles. The first-order valence-electron chi connectivity index (χ1n) is 9.58. The molecule has 4 heteroatoms. The van der Waals surface area contributed by atoms with Crippen LogP contribution in [0, 0.1) is 0 Å². The van der Waals surface area contributed by atoms with Crippen molar-refractivity contribution in [2.75, 3.05) is 6.61 Å². The van der Waals surface area contributed by atoms with Crippen molar-refractivity contribution in [3.63, 3.8) is 0 Å². The molecule has 3 aromatic rings. The molecule has 1 aromatic heterocycles. The van der Waals surface area contributed by atoms with Gasteiger partial charge in [0.1, 0.15) is 17.7 Å². The standard InChI is InChI=1S/C22H28N2O2/c1-3-8-21(25)22-23-19-9-5-6-10-20(19)24(22)15-7-16-26-18-13-11-17(4-2)12-14-18/h5-6,9-14,21,25H,3-4,7-8,15-16H2,1-2H3. The van der Waals surface area contributed by atoms with Crippen molar-refractivity contribution < 1.29 is 9.84 Å². The summed E-state index contributed by atoms with van der Waals surface area (Å²) in [6.45, 7) is 5.65. The Hall–Kier alpha value is -2.33. The fraction of sp³-hybridized carbons (Fsp3) is 0.409. The van der Waals surface area contributed by atoms with E-state index in [1.54, 1.807) is 0 Å². The van der Waals surface area contributed by atoms with Crippen molar-refractivity contribution >= 4 is 11.0 Å². The van der Waals surface area contributed by atoms with E-state index in [2.05, 4.69) is 41.6 Å². The molecule has 4 nitrogen and oxygen atoms in total. The number of aliphatic hydroxyl groups excluding tert-OH is 1. The zero-order valence-electron chi connectivity index (χ0n) is 15.7. The number of hydrogen-bond acceptors (Lipinski definition) is 3. The minimum atomic E-state index is -0.519. The number of fused-ring (bicyclic) bond motifs is 1. The summed E-state index contributed by atoms with van der Waals surface area (Å²) in [6, 6.07) is 16.3. The predicted octanol–water partition coefficient (Wildman–Crippen LogP) is 4.90. The zero-order chi connectivity index (χ0) is 18.4. The number of hydrogen-bond donors (Lipinski definition) is 1. The van der Waals surface area contributed by atoms with Crippen molar-refractivity contribution in [1.82, 2.24) is 9.55 Å². The van der Waals surface area contributed by atoms with E-state index in [-0.39, 0.29) is 0 Å². The Morgan fingerprint density at radius 3 is 2.58 bits per heavy atom. The second-order valence-corrected chi connectivity index (χ2v) is 6.61. The third-order valence-electron chi connectivity index (χ3n) is 4.67. The van der Waals surface area contributed by atoms with Crippen molar-refractivity contribution in [3.05, 3.63) is 59.9 Å². The van der Waals surface area contributed by atoms with Gasteiger partial charge in [0.25, 0.3) is 0 Å². The number of rotatable bonds is 9. The van der Waals surface area contributed by atoms with Gasteiger partial charge in [-0.3, -0.25) is 0 Å². The lowest BCUT2D eigenvalue weighted by atomic mass is 10.2. The molecule has 0 fully saturated rings. The monoisotopic (exact) mass is 352 g/mol. The van der Waals surface area contributed by atoms with E-state index in [1.165, 1.54) is 5.56 Å². The van der Waals surface area contributed by atoms with Gasteiger partial charge in [-0.25, -0.2) is 4.98 Å². The summed E-state index contributed by atoms with van der Waals surface area (Å²) in [4.78, 5) is 4.66. The van der Waals surface area contributed by atoms with Crippen LogP contribution >= 0.6 is 0 Å². The fourth-order valence-corrected chi connectivity index (χ4v) is 3.22. The normalized spacial score (nSPS) is 12.4. The van der Waals surface area contributed by atoms with Gasteiger partial charge in [-0.15, -0.1) is 0 Å². The van der Waals surface area contributed by atoms with Gasteiger partial charge in [0, 0.05) is 6.54 Å². The molecular weight excluding hydrogens is 324 g/mol. The number of benzene rings is 2. The van der Waals surface area contributed by atoms with Gasteiger partial charge in [0.15, 0.2) is 0 Å². The maximum absolute atomic E-state index is 10.5. The number of aromatic nitrogens is 2. The van der Waals surface area contributed by atoms with E-state index in [0.717, 1.165) is 54.8 Å². The summed E-state index contributed by atoms with van der Waals surface area (Å²) in [7, 11) is 0. The molecule has 1 N–H and O–H groups in total. The number of nitrogens with zero attached hydrogens (tertiary/aromatic N) is 2. The van der Waals surface area contributed by atoms with Gasteiger partial charge >= 0.3 is 0 Å². The van der Waals surface area contributed by atoms with Crippen molar-refractivity contribution in [3.8, 4) is 5.75 Å². The van der Waals surface area contributed by atoms with E-state index in [1.807, 2.05) is 30.3 Å². The second-order valence-electron chi connectivity index (χ2n) is 6.61. The average molecular weight is 352 g/mol. The Morgan fingerprint density at radius 2 is 1.85 bits per heavy atom. The van der Waals surface area contributed by atoms with Crippen molar-refractivity contribution in [2.24, 2.45) is 0 Å². The van der Waals surface area contributed by atoms with Crippen LogP contribution in [0.25, 0.3) is 11.0 Å². The van der Waals surface area contributed by atoms with Crippen LogP contribution in [-0.2, 0) is 13.0 Å². The maximum Gasteiger partial charge on any atom is 0.138 e. The summed E-state index contributed by atoms with van der Waals surface area (Å²) in [5.74, 6) is 1.67. The van der Waals surface area contributed by atoms with Crippen molar-refractivity contribution in [1.29, 1.82) is 0 Å². The molecular formula is C22H28N2O2. The van der Waals surface area contributed by atoms with Gasteiger partial charge in [-0.2, -0.15) is 0 Å². The molecule has 0 bridgehead atoms. The molecule has 0 aliphatic carbocycles. The van der Waals surface area contributed by atoms with E-state index in [4.69, 9.17) is 4.74 Å². The van der Waals surface area contributed by atoms with Crippen LogP contribution in [0.15, 0.2) is 48.5 Å². The third-order valence-corrected chi connectivity index (χ3v) is 4.67. The highest BCUT2D eigenvalue weighted by molar-refractivity contribution is 5.76. The molecule has 1 heterocycles. The summed E-state index contributed by atoms with van der Waals surface area (Å²) in [5.41, 5.74) is 3.33. The first kappa shape index (κ1) is 18.5. The Kier molecular flexibility index (Phi) is 6.29. The molecule has 1 unspecified atom stereocenters. The van der Waals surface area contributed by atoms with Crippen LogP contribution < -0.4 is 4.74 Å². The highest BCUT2D eigenvalue weighted by Crippen LogP contribution is 2.24. The lowest BCUT2D eigenvalue weighted by molar-refractivity contribution is 0.152. The molecule has 0 spiro atoms. The van der Waals surface area contributed by atoms with E-state index in [0.29, 0.717) is 6.61 Å². The number of para-hydroxylation sites is 2. The molecule has 0 saturated heterocycles. The van der Waals surface area contributed by atoms with E-state index >= 15 is 0 Å². The average Bonchev–Trinajstić information content (AvgIpc) is 3.05. The third kappa shape index (κ3) is 4.25. The largest absolute Gasteiger partial charge is 0.494 e. The SMILES string of the molecule is CCCC(O)c1nc2ccccc2n1CCCOc1ccc(CC)cc1. The van der Waals surface area contributed by atoms with Crippen molar-refractivity contribution in [2.45, 2.75) is 52.2 Å². The summed E-state index contributed by atoms with van der Waals surface area (Å²) in [6.07, 6.45) is 3.04. The molecule has 26 heavy (non-hydrogen) atoms. The Bertz CT molecular complexity index is 824. The first-order chi connectivity index (χ1) is 12.7. The number of aryl methyl sites for hydroxylation is 2. The highest BCUT2D eigenvalue weighted by atomic mass is 16.5. The number of ether oxygens (including phenoxy) is 1. The zero-order valence-corrected chi connectivity index (χ0v) is 15.7. The molecule has 138 valence electrons. The maximum atomic E-state index is 10.5.